The fourth-order valence-electron chi connectivity index (χ4n) is 1.90. The molecule has 0 fully saturated rings. The molecule has 1 aromatic carbocycles. The van der Waals surface area contributed by atoms with Crippen molar-refractivity contribution in [1.29, 1.82) is 0 Å². The molecule has 1 atom stereocenters. The summed E-state index contributed by atoms with van der Waals surface area (Å²) >= 11 is 12.0. The summed E-state index contributed by atoms with van der Waals surface area (Å²) in [6, 6.07) is 8.62. The summed E-state index contributed by atoms with van der Waals surface area (Å²) in [4.78, 5) is 15.8. The van der Waals surface area contributed by atoms with Gasteiger partial charge in [0.25, 0.3) is 0 Å². The maximum Gasteiger partial charge on any atom is 0.339 e. The smallest absolute Gasteiger partial charge is 0.339 e. The van der Waals surface area contributed by atoms with E-state index in [9.17, 15) is 4.79 Å². The van der Waals surface area contributed by atoms with E-state index in [1.165, 1.54) is 12.3 Å². The van der Waals surface area contributed by atoms with E-state index in [1.807, 2.05) is 6.92 Å². The van der Waals surface area contributed by atoms with Gasteiger partial charge in [0, 0.05) is 11.2 Å². The van der Waals surface area contributed by atoms with Crippen LogP contribution in [0.4, 0.5) is 5.82 Å². The molecule has 0 aliphatic rings. The van der Waals surface area contributed by atoms with Crippen molar-refractivity contribution in [3.8, 4) is 5.75 Å². The Kier molecular flexibility index (Phi) is 6.70. The normalized spacial score (nSPS) is 11.7. The predicted molar refractivity (Wildman–Crippen MR) is 95.2 cm³/mol. The number of rotatable bonds is 7. The van der Waals surface area contributed by atoms with Crippen molar-refractivity contribution < 1.29 is 14.3 Å². The molecule has 128 valence electrons. The van der Waals surface area contributed by atoms with Crippen molar-refractivity contribution in [3.63, 3.8) is 0 Å². The molecule has 1 aromatic heterocycles. The predicted octanol–water partition coefficient (Wildman–Crippen LogP) is 4.44. The minimum atomic E-state index is -0.447. The SMILES string of the molecule is CCOC(=O)c1cnc(N[C@H](C)COc2ccc(Cl)cc2)c(Cl)c1. The van der Waals surface area contributed by atoms with Gasteiger partial charge in [-0.2, -0.15) is 0 Å². The van der Waals surface area contributed by atoms with Crippen LogP contribution in [-0.2, 0) is 4.74 Å². The van der Waals surface area contributed by atoms with E-state index in [0.717, 1.165) is 5.75 Å². The number of carbonyl (C=O) groups is 1. The summed E-state index contributed by atoms with van der Waals surface area (Å²) in [6.45, 7) is 4.40. The topological polar surface area (TPSA) is 60.5 Å². The molecule has 0 aliphatic heterocycles. The number of nitrogens with zero attached hydrogens (tertiary/aromatic N) is 1. The van der Waals surface area contributed by atoms with Crippen LogP contribution >= 0.6 is 23.2 Å². The van der Waals surface area contributed by atoms with Gasteiger partial charge in [-0.3, -0.25) is 0 Å². The van der Waals surface area contributed by atoms with Gasteiger partial charge in [-0.15, -0.1) is 0 Å². The summed E-state index contributed by atoms with van der Waals surface area (Å²) in [5.41, 5.74) is 0.317. The van der Waals surface area contributed by atoms with Crippen molar-refractivity contribution in [2.45, 2.75) is 19.9 Å². The fourth-order valence-corrected chi connectivity index (χ4v) is 2.24. The van der Waals surface area contributed by atoms with E-state index < -0.39 is 5.97 Å². The molecule has 24 heavy (non-hydrogen) atoms. The molecule has 0 saturated heterocycles. The molecule has 0 amide bonds. The quantitative estimate of drug-likeness (QED) is 0.731. The minimum absolute atomic E-state index is 0.0425. The van der Waals surface area contributed by atoms with Crippen LogP contribution in [0.3, 0.4) is 0 Å². The third-order valence-electron chi connectivity index (χ3n) is 3.05. The van der Waals surface area contributed by atoms with Crippen LogP contribution in [-0.4, -0.2) is 30.2 Å². The van der Waals surface area contributed by atoms with Crippen LogP contribution in [0.15, 0.2) is 36.5 Å². The van der Waals surface area contributed by atoms with Gasteiger partial charge in [0.1, 0.15) is 18.2 Å². The molecule has 0 aliphatic carbocycles. The van der Waals surface area contributed by atoms with Gasteiger partial charge in [0.05, 0.1) is 23.2 Å². The molecule has 1 heterocycles. The fraction of sp³-hybridized carbons (Fsp3) is 0.294. The Morgan fingerprint density at radius 2 is 2.00 bits per heavy atom. The zero-order valence-corrected chi connectivity index (χ0v) is 14.9. The Balaban J connectivity index is 1.92. The number of benzene rings is 1. The lowest BCUT2D eigenvalue weighted by molar-refractivity contribution is 0.0526. The molecule has 0 bridgehead atoms. The highest BCUT2D eigenvalue weighted by molar-refractivity contribution is 6.33. The van der Waals surface area contributed by atoms with Gasteiger partial charge >= 0.3 is 5.97 Å². The highest BCUT2D eigenvalue weighted by atomic mass is 35.5. The lowest BCUT2D eigenvalue weighted by Gasteiger charge is -2.16. The molecule has 7 heteroatoms. The summed E-state index contributed by atoms with van der Waals surface area (Å²) in [5.74, 6) is 0.763. The second kappa shape index (κ2) is 8.76. The molecule has 1 N–H and O–H groups in total. The highest BCUT2D eigenvalue weighted by Crippen LogP contribution is 2.22. The summed E-state index contributed by atoms with van der Waals surface area (Å²) in [6.07, 6.45) is 1.43. The van der Waals surface area contributed by atoms with Crippen molar-refractivity contribution >= 4 is 35.0 Å². The number of ether oxygens (including phenoxy) is 2. The van der Waals surface area contributed by atoms with E-state index in [1.54, 1.807) is 31.2 Å². The number of hydrogen-bond donors (Lipinski definition) is 1. The molecule has 0 unspecified atom stereocenters. The molecule has 0 saturated carbocycles. The Labute approximate surface area is 150 Å². The Morgan fingerprint density at radius 3 is 2.62 bits per heavy atom. The van der Waals surface area contributed by atoms with Crippen LogP contribution in [0.1, 0.15) is 24.2 Å². The first-order valence-corrected chi connectivity index (χ1v) is 8.22. The number of nitrogens with one attached hydrogen (secondary N) is 1. The number of halogens is 2. The maximum absolute atomic E-state index is 11.6. The van der Waals surface area contributed by atoms with Crippen LogP contribution in [0.5, 0.6) is 5.75 Å². The van der Waals surface area contributed by atoms with Crippen molar-refractivity contribution in [2.24, 2.45) is 0 Å². The van der Waals surface area contributed by atoms with E-state index >= 15 is 0 Å². The van der Waals surface area contributed by atoms with Gasteiger partial charge < -0.3 is 14.8 Å². The van der Waals surface area contributed by atoms with E-state index in [-0.39, 0.29) is 6.04 Å². The van der Waals surface area contributed by atoms with Crippen LogP contribution in [0.2, 0.25) is 10.0 Å². The van der Waals surface area contributed by atoms with Crippen molar-refractivity contribution in [1.82, 2.24) is 4.98 Å². The van der Waals surface area contributed by atoms with Gasteiger partial charge in [0.15, 0.2) is 0 Å². The third-order valence-corrected chi connectivity index (χ3v) is 3.59. The number of pyridine rings is 1. The summed E-state index contributed by atoms with van der Waals surface area (Å²) in [7, 11) is 0. The molecule has 0 radical (unpaired) electrons. The summed E-state index contributed by atoms with van der Waals surface area (Å²) < 4.78 is 10.6. The van der Waals surface area contributed by atoms with Crippen LogP contribution in [0, 0.1) is 0 Å². The maximum atomic E-state index is 11.6. The van der Waals surface area contributed by atoms with Crippen molar-refractivity contribution in [3.05, 3.63) is 52.1 Å². The highest BCUT2D eigenvalue weighted by Gasteiger charge is 2.12. The minimum Gasteiger partial charge on any atom is -0.491 e. The molecule has 2 rings (SSSR count). The van der Waals surface area contributed by atoms with E-state index in [0.29, 0.717) is 34.6 Å². The average Bonchev–Trinajstić information content (AvgIpc) is 2.56. The average molecular weight is 369 g/mol. The van der Waals surface area contributed by atoms with Gasteiger partial charge in [0.2, 0.25) is 0 Å². The largest absolute Gasteiger partial charge is 0.491 e. The standard InChI is InChI=1S/C17H18Cl2N2O3/c1-3-23-17(22)12-8-15(19)16(20-9-12)21-11(2)10-24-14-6-4-13(18)5-7-14/h4-9,11H,3,10H2,1-2H3,(H,20,21)/t11-/m1/s1. The first-order chi connectivity index (χ1) is 11.5. The van der Waals surface area contributed by atoms with Gasteiger partial charge in [-0.25, -0.2) is 9.78 Å². The van der Waals surface area contributed by atoms with Gasteiger partial charge in [-0.1, -0.05) is 23.2 Å². The number of esters is 1. The van der Waals surface area contributed by atoms with E-state index in [4.69, 9.17) is 32.7 Å². The Hall–Kier alpha value is -1.98. The Morgan fingerprint density at radius 1 is 1.29 bits per heavy atom. The first-order valence-electron chi connectivity index (χ1n) is 7.47. The number of carbonyl (C=O) groups excluding carboxylic acids is 1. The first kappa shape index (κ1) is 18.4. The van der Waals surface area contributed by atoms with Gasteiger partial charge in [-0.05, 0) is 44.2 Å². The lowest BCUT2D eigenvalue weighted by atomic mass is 10.2. The van der Waals surface area contributed by atoms with Crippen LogP contribution in [0.25, 0.3) is 0 Å². The molecule has 2 aromatic rings. The Bertz CT molecular complexity index is 693. The van der Waals surface area contributed by atoms with E-state index in [2.05, 4.69) is 10.3 Å². The molecule has 5 nitrogen and oxygen atoms in total. The summed E-state index contributed by atoms with van der Waals surface area (Å²) in [5, 5.41) is 4.15. The number of aromatic nitrogens is 1. The zero-order valence-electron chi connectivity index (χ0n) is 13.4. The second-order valence-electron chi connectivity index (χ2n) is 5.09. The molecular weight excluding hydrogens is 351 g/mol. The molecular formula is C17H18Cl2N2O3. The number of hydrogen-bond acceptors (Lipinski definition) is 5. The lowest BCUT2D eigenvalue weighted by Crippen LogP contribution is -2.24. The monoisotopic (exact) mass is 368 g/mol. The van der Waals surface area contributed by atoms with Crippen LogP contribution < -0.4 is 10.1 Å². The molecule has 0 spiro atoms. The zero-order chi connectivity index (χ0) is 17.5. The number of anilines is 1. The third kappa shape index (κ3) is 5.28. The van der Waals surface area contributed by atoms with Crippen molar-refractivity contribution in [2.75, 3.05) is 18.5 Å². The second-order valence-corrected chi connectivity index (χ2v) is 5.93.